The van der Waals surface area contributed by atoms with E-state index in [4.69, 9.17) is 0 Å². The van der Waals surface area contributed by atoms with Crippen LogP contribution in [0.5, 0.6) is 0 Å². The average Bonchev–Trinajstić information content (AvgIpc) is 2.52. The Labute approximate surface area is 90.5 Å². The molecule has 2 rings (SSSR count). The third kappa shape index (κ3) is 1.60. The number of hydrogen-bond acceptors (Lipinski definition) is 1. The second-order valence-electron chi connectivity index (χ2n) is 2.91. The van der Waals surface area contributed by atoms with E-state index < -0.39 is 0 Å². The first-order chi connectivity index (χ1) is 6.29. The number of rotatable bonds is 1. The maximum atomic E-state index is 4.01. The van der Waals surface area contributed by atoms with Gasteiger partial charge >= 0.3 is 0 Å². The summed E-state index contributed by atoms with van der Waals surface area (Å²) in [6.07, 6.45) is 1.87. The first-order valence-corrected chi connectivity index (χ1v) is 5.12. The molecule has 66 valence electrons. The molecule has 0 unspecified atom stereocenters. The Hall–Kier alpha value is -0.840. The van der Waals surface area contributed by atoms with Gasteiger partial charge in [0.25, 0.3) is 0 Å². The van der Waals surface area contributed by atoms with E-state index in [-0.39, 0.29) is 0 Å². The van der Waals surface area contributed by atoms with Gasteiger partial charge in [-0.25, -0.2) is 0 Å². The van der Waals surface area contributed by atoms with Crippen LogP contribution in [-0.4, -0.2) is 10.2 Å². The molecule has 0 atom stereocenters. The van der Waals surface area contributed by atoms with E-state index in [9.17, 15) is 0 Å². The Balaban J connectivity index is 2.59. The summed E-state index contributed by atoms with van der Waals surface area (Å²) < 4.78 is 1.09. The van der Waals surface area contributed by atoms with Crippen molar-refractivity contribution in [3.63, 3.8) is 0 Å². The zero-order valence-electron chi connectivity index (χ0n) is 7.21. The summed E-state index contributed by atoms with van der Waals surface area (Å²) >= 11 is 2.26. The molecular weight excluding hydrogens is 275 g/mol. The summed E-state index contributed by atoms with van der Waals surface area (Å²) in [5, 5.41) is 6.94. The van der Waals surface area contributed by atoms with Gasteiger partial charge in [0.2, 0.25) is 0 Å². The molecule has 0 aliphatic carbocycles. The van der Waals surface area contributed by atoms with Gasteiger partial charge in [0.1, 0.15) is 3.70 Å². The van der Waals surface area contributed by atoms with E-state index in [0.717, 1.165) is 3.70 Å². The van der Waals surface area contributed by atoms with Gasteiger partial charge in [0, 0.05) is 5.56 Å². The van der Waals surface area contributed by atoms with Gasteiger partial charge in [0.05, 0.1) is 6.20 Å². The van der Waals surface area contributed by atoms with E-state index in [1.54, 1.807) is 0 Å². The number of H-pyrrole nitrogens is 1. The highest BCUT2D eigenvalue weighted by molar-refractivity contribution is 14.1. The van der Waals surface area contributed by atoms with Crippen LogP contribution >= 0.6 is 22.6 Å². The summed E-state index contributed by atoms with van der Waals surface area (Å²) in [5.41, 5.74) is 3.71. The van der Waals surface area contributed by atoms with E-state index in [1.807, 2.05) is 18.3 Å². The molecule has 0 saturated heterocycles. The summed E-state index contributed by atoms with van der Waals surface area (Å²) in [5.74, 6) is 0. The predicted molar refractivity (Wildman–Crippen MR) is 61.5 cm³/mol. The number of halogens is 1. The van der Waals surface area contributed by atoms with E-state index in [0.29, 0.717) is 0 Å². The van der Waals surface area contributed by atoms with E-state index in [2.05, 4.69) is 51.8 Å². The Morgan fingerprint density at radius 2 is 2.00 bits per heavy atom. The second-order valence-corrected chi connectivity index (χ2v) is 3.99. The zero-order valence-corrected chi connectivity index (χ0v) is 9.37. The van der Waals surface area contributed by atoms with Crippen molar-refractivity contribution in [1.82, 2.24) is 10.2 Å². The highest BCUT2D eigenvalue weighted by Crippen LogP contribution is 2.25. The minimum Gasteiger partial charge on any atom is -0.272 e. The largest absolute Gasteiger partial charge is 0.272 e. The van der Waals surface area contributed by atoms with Crippen molar-refractivity contribution in [2.45, 2.75) is 6.92 Å². The lowest BCUT2D eigenvalue weighted by molar-refractivity contribution is 1.07. The van der Waals surface area contributed by atoms with Crippen molar-refractivity contribution in [3.05, 3.63) is 39.7 Å². The number of nitrogens with one attached hydrogen (secondary N) is 1. The van der Waals surface area contributed by atoms with Crippen LogP contribution in [-0.2, 0) is 0 Å². The maximum Gasteiger partial charge on any atom is 0.104 e. The monoisotopic (exact) mass is 284 g/mol. The zero-order chi connectivity index (χ0) is 9.26. The molecule has 13 heavy (non-hydrogen) atoms. The lowest BCUT2D eigenvalue weighted by atomic mass is 10.0. The number of hydrogen-bond donors (Lipinski definition) is 1. The molecule has 1 aromatic heterocycles. The smallest absolute Gasteiger partial charge is 0.104 e. The first-order valence-electron chi connectivity index (χ1n) is 4.04. The Bertz CT molecular complexity index is 420. The molecule has 0 fully saturated rings. The van der Waals surface area contributed by atoms with Crippen molar-refractivity contribution in [2.75, 3.05) is 0 Å². The quantitative estimate of drug-likeness (QED) is 0.801. The molecule has 0 spiro atoms. The fourth-order valence-electron chi connectivity index (χ4n) is 1.33. The van der Waals surface area contributed by atoms with Crippen LogP contribution in [0.4, 0.5) is 0 Å². The fraction of sp³-hybridized carbons (Fsp3) is 0.100. The van der Waals surface area contributed by atoms with Crippen LogP contribution in [0.2, 0.25) is 0 Å². The van der Waals surface area contributed by atoms with Crippen molar-refractivity contribution in [2.24, 2.45) is 0 Å². The van der Waals surface area contributed by atoms with Crippen molar-refractivity contribution >= 4 is 22.6 Å². The van der Waals surface area contributed by atoms with Crippen LogP contribution in [0.1, 0.15) is 5.56 Å². The molecule has 2 aromatic rings. The van der Waals surface area contributed by atoms with Gasteiger partial charge in [-0.2, -0.15) is 5.10 Å². The minimum atomic E-state index is 1.09. The Morgan fingerprint density at radius 1 is 1.23 bits per heavy atom. The molecule has 2 nitrogen and oxygen atoms in total. The number of aromatic amines is 1. The van der Waals surface area contributed by atoms with Crippen LogP contribution in [0, 0.1) is 10.6 Å². The molecular formula is C10H9IN2. The van der Waals surface area contributed by atoms with E-state index >= 15 is 0 Å². The molecule has 0 aliphatic rings. The Kier molecular flexibility index (Phi) is 2.35. The van der Waals surface area contributed by atoms with Gasteiger partial charge in [-0.1, -0.05) is 24.3 Å². The van der Waals surface area contributed by atoms with Gasteiger partial charge in [-0.05, 0) is 40.6 Å². The van der Waals surface area contributed by atoms with Gasteiger partial charge in [-0.15, -0.1) is 0 Å². The van der Waals surface area contributed by atoms with Crippen LogP contribution in [0.25, 0.3) is 11.1 Å². The SMILES string of the molecule is Cc1ccccc1-c1cn[nH]c1I. The molecule has 1 N–H and O–H groups in total. The lowest BCUT2D eigenvalue weighted by Gasteiger charge is -2.02. The number of benzene rings is 1. The number of aromatic nitrogens is 2. The van der Waals surface area contributed by atoms with Gasteiger partial charge in [-0.3, -0.25) is 5.10 Å². The van der Waals surface area contributed by atoms with Crippen molar-refractivity contribution in [1.29, 1.82) is 0 Å². The normalized spacial score (nSPS) is 10.3. The van der Waals surface area contributed by atoms with Crippen molar-refractivity contribution < 1.29 is 0 Å². The molecule has 1 aromatic carbocycles. The fourth-order valence-corrected chi connectivity index (χ4v) is 1.90. The highest BCUT2D eigenvalue weighted by atomic mass is 127. The predicted octanol–water partition coefficient (Wildman–Crippen LogP) is 2.99. The van der Waals surface area contributed by atoms with Crippen LogP contribution in [0.3, 0.4) is 0 Å². The number of aryl methyl sites for hydroxylation is 1. The van der Waals surface area contributed by atoms with Crippen molar-refractivity contribution in [3.8, 4) is 11.1 Å². The second kappa shape index (κ2) is 3.49. The average molecular weight is 284 g/mol. The summed E-state index contributed by atoms with van der Waals surface area (Å²) in [6, 6.07) is 8.32. The molecule has 0 amide bonds. The molecule has 0 aliphatic heterocycles. The summed E-state index contributed by atoms with van der Waals surface area (Å²) in [7, 11) is 0. The maximum absolute atomic E-state index is 4.01. The molecule has 0 radical (unpaired) electrons. The number of nitrogens with zero attached hydrogens (tertiary/aromatic N) is 1. The summed E-state index contributed by atoms with van der Waals surface area (Å²) in [6.45, 7) is 2.11. The molecule has 0 saturated carbocycles. The van der Waals surface area contributed by atoms with Gasteiger partial charge < -0.3 is 0 Å². The minimum absolute atomic E-state index is 1.09. The topological polar surface area (TPSA) is 28.7 Å². The third-order valence-electron chi connectivity index (χ3n) is 2.03. The van der Waals surface area contributed by atoms with E-state index in [1.165, 1.54) is 16.7 Å². The third-order valence-corrected chi connectivity index (χ3v) is 2.85. The summed E-state index contributed by atoms with van der Waals surface area (Å²) in [4.78, 5) is 0. The van der Waals surface area contributed by atoms with Crippen LogP contribution in [0.15, 0.2) is 30.5 Å². The van der Waals surface area contributed by atoms with Gasteiger partial charge in [0.15, 0.2) is 0 Å². The molecule has 0 bridgehead atoms. The first kappa shape index (κ1) is 8.74. The molecule has 1 heterocycles. The highest BCUT2D eigenvalue weighted by Gasteiger charge is 2.05. The lowest BCUT2D eigenvalue weighted by Crippen LogP contribution is -1.82. The Morgan fingerprint density at radius 3 is 2.62 bits per heavy atom. The van der Waals surface area contributed by atoms with Crippen LogP contribution < -0.4 is 0 Å². The molecule has 3 heteroatoms. The standard InChI is InChI=1S/C10H9IN2/c1-7-4-2-3-5-8(7)9-6-12-13-10(9)11/h2-6H,1H3,(H,12,13).